The highest BCUT2D eigenvalue weighted by atomic mass is 16.5. The zero-order valence-corrected chi connectivity index (χ0v) is 13.3. The van der Waals surface area contributed by atoms with E-state index in [2.05, 4.69) is 19.2 Å². The van der Waals surface area contributed by atoms with E-state index in [4.69, 9.17) is 14.2 Å². The molecule has 1 rings (SSSR count). The van der Waals surface area contributed by atoms with E-state index in [1.54, 1.807) is 21.3 Å². The fourth-order valence-corrected chi connectivity index (χ4v) is 2.23. The quantitative estimate of drug-likeness (QED) is 0.754. The van der Waals surface area contributed by atoms with Gasteiger partial charge in [0.15, 0.2) is 0 Å². The van der Waals surface area contributed by atoms with Crippen LogP contribution in [0.25, 0.3) is 0 Å². The summed E-state index contributed by atoms with van der Waals surface area (Å²) in [5, 5.41) is 3.49. The second-order valence-electron chi connectivity index (χ2n) is 4.82. The molecular formula is C16H27NO3. The average Bonchev–Trinajstić information content (AvgIpc) is 2.50. The fourth-order valence-electron chi connectivity index (χ4n) is 2.23. The van der Waals surface area contributed by atoms with Gasteiger partial charge in [0.1, 0.15) is 17.2 Å². The molecule has 0 bridgehead atoms. The summed E-state index contributed by atoms with van der Waals surface area (Å²) in [5.41, 5.74) is 1.03. The smallest absolute Gasteiger partial charge is 0.130 e. The van der Waals surface area contributed by atoms with Gasteiger partial charge >= 0.3 is 0 Å². The zero-order valence-electron chi connectivity index (χ0n) is 13.3. The fraction of sp³-hybridized carbons (Fsp3) is 0.625. The van der Waals surface area contributed by atoms with Gasteiger partial charge in [-0.05, 0) is 12.5 Å². The maximum Gasteiger partial charge on any atom is 0.130 e. The first-order valence-electron chi connectivity index (χ1n) is 7.19. The van der Waals surface area contributed by atoms with Crippen molar-refractivity contribution in [2.45, 2.75) is 33.2 Å². The number of hydrogen-bond donors (Lipinski definition) is 1. The van der Waals surface area contributed by atoms with Crippen LogP contribution in [0.1, 0.15) is 32.3 Å². The molecule has 0 fully saturated rings. The highest BCUT2D eigenvalue weighted by molar-refractivity contribution is 5.50. The number of rotatable bonds is 9. The monoisotopic (exact) mass is 281 g/mol. The summed E-state index contributed by atoms with van der Waals surface area (Å²) in [4.78, 5) is 0. The number of ether oxygens (including phenoxy) is 3. The van der Waals surface area contributed by atoms with Crippen LogP contribution in [0.15, 0.2) is 12.1 Å². The topological polar surface area (TPSA) is 39.7 Å². The zero-order chi connectivity index (χ0) is 15.0. The molecule has 4 heteroatoms. The van der Waals surface area contributed by atoms with Gasteiger partial charge in [0.25, 0.3) is 0 Å². The Morgan fingerprint density at radius 3 is 1.90 bits per heavy atom. The standard InChI is InChI=1S/C16H27NO3/c1-6-12(7-2)10-17-11-14-15(19-4)8-13(18-3)9-16(14)20-5/h8-9,12,17H,6-7,10-11H2,1-5H3. The van der Waals surface area contributed by atoms with Crippen molar-refractivity contribution >= 4 is 0 Å². The molecule has 0 saturated carbocycles. The molecule has 0 atom stereocenters. The van der Waals surface area contributed by atoms with Crippen molar-refractivity contribution in [3.63, 3.8) is 0 Å². The summed E-state index contributed by atoms with van der Waals surface area (Å²) in [6.45, 7) is 6.19. The minimum Gasteiger partial charge on any atom is -0.496 e. The van der Waals surface area contributed by atoms with E-state index >= 15 is 0 Å². The third-order valence-corrected chi connectivity index (χ3v) is 3.71. The first-order chi connectivity index (χ1) is 9.69. The molecule has 1 N–H and O–H groups in total. The molecule has 0 amide bonds. The summed E-state index contributed by atoms with van der Waals surface area (Å²) in [7, 11) is 4.97. The van der Waals surface area contributed by atoms with Crippen LogP contribution in [-0.2, 0) is 6.54 Å². The molecule has 1 aromatic rings. The molecule has 1 aromatic carbocycles. The highest BCUT2D eigenvalue weighted by Crippen LogP contribution is 2.33. The van der Waals surface area contributed by atoms with Crippen LogP contribution in [0.5, 0.6) is 17.2 Å². The van der Waals surface area contributed by atoms with Crippen LogP contribution in [0.2, 0.25) is 0 Å². The van der Waals surface area contributed by atoms with Crippen LogP contribution in [0, 0.1) is 5.92 Å². The average molecular weight is 281 g/mol. The number of methoxy groups -OCH3 is 3. The molecule has 4 nitrogen and oxygen atoms in total. The molecular weight excluding hydrogens is 254 g/mol. The Bertz CT molecular complexity index is 378. The van der Waals surface area contributed by atoms with Crippen molar-refractivity contribution in [3.05, 3.63) is 17.7 Å². The predicted molar refractivity (Wildman–Crippen MR) is 81.9 cm³/mol. The van der Waals surface area contributed by atoms with Crippen molar-refractivity contribution in [1.29, 1.82) is 0 Å². The first-order valence-corrected chi connectivity index (χ1v) is 7.19. The second kappa shape index (κ2) is 8.69. The highest BCUT2D eigenvalue weighted by Gasteiger charge is 2.13. The van der Waals surface area contributed by atoms with Gasteiger partial charge in [-0.25, -0.2) is 0 Å². The maximum atomic E-state index is 5.44. The molecule has 0 spiro atoms. The second-order valence-corrected chi connectivity index (χ2v) is 4.82. The summed E-state index contributed by atoms with van der Waals surface area (Å²) in [6.07, 6.45) is 2.39. The Hall–Kier alpha value is -1.42. The Morgan fingerprint density at radius 1 is 0.950 bits per heavy atom. The normalized spacial score (nSPS) is 10.7. The van der Waals surface area contributed by atoms with E-state index in [9.17, 15) is 0 Å². The molecule has 0 aliphatic carbocycles. The lowest BCUT2D eigenvalue weighted by atomic mass is 10.0. The van der Waals surface area contributed by atoms with E-state index in [0.29, 0.717) is 5.92 Å². The lowest BCUT2D eigenvalue weighted by Gasteiger charge is -2.17. The first kappa shape index (κ1) is 16.6. The van der Waals surface area contributed by atoms with Crippen molar-refractivity contribution in [1.82, 2.24) is 5.32 Å². The van der Waals surface area contributed by atoms with E-state index < -0.39 is 0 Å². The third-order valence-electron chi connectivity index (χ3n) is 3.71. The van der Waals surface area contributed by atoms with Crippen molar-refractivity contribution < 1.29 is 14.2 Å². The summed E-state index contributed by atoms with van der Waals surface area (Å²) in [6, 6.07) is 3.77. The summed E-state index contributed by atoms with van der Waals surface area (Å²) >= 11 is 0. The maximum absolute atomic E-state index is 5.44. The molecule has 0 radical (unpaired) electrons. The van der Waals surface area contributed by atoms with Crippen molar-refractivity contribution in [2.75, 3.05) is 27.9 Å². The van der Waals surface area contributed by atoms with E-state index in [-0.39, 0.29) is 0 Å². The Morgan fingerprint density at radius 2 is 1.50 bits per heavy atom. The van der Waals surface area contributed by atoms with Gasteiger partial charge < -0.3 is 19.5 Å². The van der Waals surface area contributed by atoms with Crippen LogP contribution in [0.4, 0.5) is 0 Å². The van der Waals surface area contributed by atoms with Gasteiger partial charge in [-0.15, -0.1) is 0 Å². The van der Waals surface area contributed by atoms with Crippen LogP contribution in [0.3, 0.4) is 0 Å². The molecule has 0 unspecified atom stereocenters. The number of hydrogen-bond acceptors (Lipinski definition) is 4. The third kappa shape index (κ3) is 4.30. The van der Waals surface area contributed by atoms with E-state index in [1.807, 2.05) is 12.1 Å². The molecule has 0 aliphatic rings. The summed E-state index contributed by atoms with van der Waals surface area (Å²) in [5.74, 6) is 3.03. The molecule has 0 heterocycles. The molecule has 114 valence electrons. The predicted octanol–water partition coefficient (Wildman–Crippen LogP) is 3.24. The number of benzene rings is 1. The Kier molecular flexibility index (Phi) is 7.23. The molecule has 0 aromatic heterocycles. The van der Waals surface area contributed by atoms with Gasteiger partial charge in [-0.1, -0.05) is 26.7 Å². The van der Waals surface area contributed by atoms with Gasteiger partial charge in [0.05, 0.1) is 26.9 Å². The largest absolute Gasteiger partial charge is 0.496 e. The van der Waals surface area contributed by atoms with Crippen molar-refractivity contribution in [3.8, 4) is 17.2 Å². The van der Waals surface area contributed by atoms with Gasteiger partial charge in [-0.2, -0.15) is 0 Å². The number of nitrogens with one attached hydrogen (secondary N) is 1. The van der Waals surface area contributed by atoms with Gasteiger partial charge in [-0.3, -0.25) is 0 Å². The minimum absolute atomic E-state index is 0.713. The summed E-state index contributed by atoms with van der Waals surface area (Å²) < 4.78 is 16.1. The molecule has 0 aliphatic heterocycles. The lowest BCUT2D eigenvalue weighted by molar-refractivity contribution is 0.364. The molecule has 20 heavy (non-hydrogen) atoms. The van der Waals surface area contributed by atoms with Crippen LogP contribution < -0.4 is 19.5 Å². The van der Waals surface area contributed by atoms with Gasteiger partial charge in [0, 0.05) is 18.7 Å². The van der Waals surface area contributed by atoms with E-state index in [1.165, 1.54) is 12.8 Å². The lowest BCUT2D eigenvalue weighted by Crippen LogP contribution is -2.22. The van der Waals surface area contributed by atoms with Crippen LogP contribution in [-0.4, -0.2) is 27.9 Å². The molecule has 0 saturated heterocycles. The van der Waals surface area contributed by atoms with Crippen LogP contribution >= 0.6 is 0 Å². The van der Waals surface area contributed by atoms with Crippen molar-refractivity contribution in [2.24, 2.45) is 5.92 Å². The van der Waals surface area contributed by atoms with E-state index in [0.717, 1.165) is 35.9 Å². The SMILES string of the molecule is CCC(CC)CNCc1c(OC)cc(OC)cc1OC. The Balaban J connectivity index is 2.81. The van der Waals surface area contributed by atoms with Gasteiger partial charge in [0.2, 0.25) is 0 Å². The minimum atomic E-state index is 0.713. The Labute approximate surface area is 122 Å².